The molecule has 0 fully saturated rings. The summed E-state index contributed by atoms with van der Waals surface area (Å²) in [5.41, 5.74) is 9.66. The Morgan fingerprint density at radius 2 is 1.57 bits per heavy atom. The number of furan rings is 1. The van der Waals surface area contributed by atoms with E-state index in [1.807, 2.05) is 48.5 Å². The van der Waals surface area contributed by atoms with Gasteiger partial charge in [-0.1, -0.05) is 101 Å². The summed E-state index contributed by atoms with van der Waals surface area (Å²) in [5.74, 6) is 0.851. The van der Waals surface area contributed by atoms with Gasteiger partial charge in [-0.2, -0.15) is 4.39 Å². The minimum absolute atomic E-state index is 0. The van der Waals surface area contributed by atoms with E-state index in [2.05, 4.69) is 130 Å². The van der Waals surface area contributed by atoms with Crippen LogP contribution in [0.3, 0.4) is 0 Å². The van der Waals surface area contributed by atoms with Crippen molar-refractivity contribution in [3.05, 3.63) is 139 Å². The van der Waals surface area contributed by atoms with Gasteiger partial charge in [0.25, 0.3) is 0 Å². The van der Waals surface area contributed by atoms with E-state index in [4.69, 9.17) is 9.40 Å². The molecule has 4 aromatic carbocycles. The fourth-order valence-corrected chi connectivity index (χ4v) is 8.42. The molecule has 277 valence electrons. The Balaban J connectivity index is 0.000000205. The molecule has 1 radical (unpaired) electrons. The van der Waals surface area contributed by atoms with Crippen LogP contribution in [0.2, 0.25) is 19.6 Å². The van der Waals surface area contributed by atoms with Gasteiger partial charge in [0.15, 0.2) is 0 Å². The number of halogens is 1. The monoisotopic (exact) mass is 909 g/mol. The van der Waals surface area contributed by atoms with E-state index in [0.717, 1.165) is 51.2 Å². The van der Waals surface area contributed by atoms with Crippen molar-refractivity contribution in [3.8, 4) is 28.3 Å². The van der Waals surface area contributed by atoms with Crippen LogP contribution in [-0.4, -0.2) is 27.6 Å². The van der Waals surface area contributed by atoms with Gasteiger partial charge in [0.2, 0.25) is 5.95 Å². The third-order valence-corrected chi connectivity index (χ3v) is 11.5. The molecule has 0 saturated carbocycles. The summed E-state index contributed by atoms with van der Waals surface area (Å²) in [4.78, 5) is 13.4. The fraction of sp³-hybridized carbons (Fsp3) is 0.239. The van der Waals surface area contributed by atoms with E-state index in [9.17, 15) is 4.39 Å². The van der Waals surface area contributed by atoms with Crippen molar-refractivity contribution in [2.24, 2.45) is 5.92 Å². The van der Waals surface area contributed by atoms with Crippen LogP contribution in [0.1, 0.15) is 45.7 Å². The van der Waals surface area contributed by atoms with Gasteiger partial charge in [0.1, 0.15) is 5.58 Å². The molecule has 0 spiro atoms. The van der Waals surface area contributed by atoms with E-state index in [1.54, 1.807) is 0 Å². The number of hydrogen-bond acceptors (Lipinski definition) is 4. The van der Waals surface area contributed by atoms with Gasteiger partial charge in [0.05, 0.1) is 36.7 Å². The Morgan fingerprint density at radius 3 is 2.26 bits per heavy atom. The summed E-state index contributed by atoms with van der Waals surface area (Å²) < 4.78 is 22.1. The minimum atomic E-state index is -1.34. The summed E-state index contributed by atoms with van der Waals surface area (Å²) in [6, 6.07) is 38.7. The van der Waals surface area contributed by atoms with Crippen LogP contribution in [-0.2, 0) is 31.9 Å². The van der Waals surface area contributed by atoms with E-state index in [-0.39, 0.29) is 25.5 Å². The molecule has 8 aromatic rings. The number of aromatic nitrogens is 4. The normalized spacial score (nSPS) is 11.9. The SMILES string of the molecule is CC(C)(C)c1ccc(-n2c(-c3[c-]ccc4c3oc3cnc(F)cc34)nc3ccccc32)cc1.CC(C)Cc1cc(-c2[c-]cccc2)ncc1[Si](C)(C)C.[Ir]. The molecule has 0 amide bonds. The first-order valence-electron chi connectivity index (χ1n) is 18.2. The first-order valence-corrected chi connectivity index (χ1v) is 21.7. The van der Waals surface area contributed by atoms with E-state index in [1.165, 1.54) is 28.6 Å². The number of nitrogens with zero attached hydrogens (tertiary/aromatic N) is 4. The third-order valence-electron chi connectivity index (χ3n) is 9.47. The number of imidazole rings is 1. The average Bonchev–Trinajstić information content (AvgIpc) is 3.70. The Kier molecular flexibility index (Phi) is 11.2. The van der Waals surface area contributed by atoms with Crippen molar-refractivity contribution in [1.29, 1.82) is 0 Å². The maximum atomic E-state index is 13.8. The van der Waals surface area contributed by atoms with Gasteiger partial charge in [-0.3, -0.25) is 4.98 Å². The van der Waals surface area contributed by atoms with Crippen molar-refractivity contribution in [2.75, 3.05) is 0 Å². The zero-order valence-corrected chi connectivity index (χ0v) is 35.5. The summed E-state index contributed by atoms with van der Waals surface area (Å²) in [6.45, 7) is 18.3. The van der Waals surface area contributed by atoms with Crippen molar-refractivity contribution >= 4 is 46.2 Å². The number of benzene rings is 4. The summed E-state index contributed by atoms with van der Waals surface area (Å²) in [5, 5.41) is 2.98. The molecule has 0 aliphatic heterocycles. The first-order chi connectivity index (χ1) is 25.3. The molecule has 0 atom stereocenters. The molecule has 4 aromatic heterocycles. The zero-order valence-electron chi connectivity index (χ0n) is 32.1. The Bertz CT molecular complexity index is 2550. The summed E-state index contributed by atoms with van der Waals surface area (Å²) in [6.07, 6.45) is 4.66. The second kappa shape index (κ2) is 15.5. The van der Waals surface area contributed by atoms with Gasteiger partial charge in [-0.05, 0) is 58.5 Å². The second-order valence-electron chi connectivity index (χ2n) is 16.1. The summed E-state index contributed by atoms with van der Waals surface area (Å²) in [7, 11) is -1.34. The predicted octanol–water partition coefficient (Wildman–Crippen LogP) is 11.5. The Morgan fingerprint density at radius 1 is 0.833 bits per heavy atom. The molecule has 54 heavy (non-hydrogen) atoms. The van der Waals surface area contributed by atoms with E-state index < -0.39 is 14.0 Å². The molecule has 0 bridgehead atoms. The fourth-order valence-electron chi connectivity index (χ4n) is 6.83. The number of hydrogen-bond donors (Lipinski definition) is 0. The van der Waals surface area contributed by atoms with Crippen LogP contribution in [0, 0.1) is 24.0 Å². The largest absolute Gasteiger partial charge is 0.499 e. The van der Waals surface area contributed by atoms with Crippen molar-refractivity contribution < 1.29 is 28.9 Å². The standard InChI is InChI=1S/C28H21FN3O.C18H24NSi.Ir/c1-28(2,3)17-11-13-18(14-12-17)32-23-10-5-4-9-22(23)31-27(32)20-8-6-7-19-21-15-25(29)30-16-24(21)33-26(19)20;1-14(2)11-16-12-17(15-9-7-6-8-10-15)19-13-18(16)20(3,4)5;/h4-7,9-16H,1-3H3;6-9,12-14H,11H2,1-5H3;/q2*-1;. The summed E-state index contributed by atoms with van der Waals surface area (Å²) >= 11 is 0. The molecular weight excluding hydrogens is 864 g/mol. The number of fused-ring (bicyclic) bond motifs is 4. The van der Waals surface area contributed by atoms with Crippen molar-refractivity contribution in [2.45, 2.75) is 66.1 Å². The van der Waals surface area contributed by atoms with Crippen LogP contribution in [0.25, 0.3) is 61.3 Å². The molecule has 4 heterocycles. The van der Waals surface area contributed by atoms with Crippen LogP contribution < -0.4 is 5.19 Å². The molecule has 8 rings (SSSR count). The van der Waals surface area contributed by atoms with E-state index >= 15 is 0 Å². The van der Waals surface area contributed by atoms with Gasteiger partial charge in [-0.25, -0.2) is 4.98 Å². The zero-order chi connectivity index (χ0) is 37.5. The second-order valence-corrected chi connectivity index (χ2v) is 21.1. The first kappa shape index (κ1) is 39.0. The van der Waals surface area contributed by atoms with E-state index in [0.29, 0.717) is 22.5 Å². The molecule has 0 N–H and O–H groups in total. The van der Waals surface area contributed by atoms with Crippen molar-refractivity contribution in [1.82, 2.24) is 19.5 Å². The molecule has 0 unspecified atom stereocenters. The third kappa shape index (κ3) is 8.02. The Labute approximate surface area is 332 Å². The number of para-hydroxylation sites is 2. The molecule has 0 aliphatic rings. The van der Waals surface area contributed by atoms with Gasteiger partial charge >= 0.3 is 0 Å². The predicted molar refractivity (Wildman–Crippen MR) is 219 cm³/mol. The Hall–Kier alpha value is -4.75. The molecule has 0 aliphatic carbocycles. The van der Waals surface area contributed by atoms with Gasteiger partial charge < -0.3 is 14.0 Å². The number of rotatable bonds is 6. The van der Waals surface area contributed by atoms with Crippen LogP contribution >= 0.6 is 0 Å². The van der Waals surface area contributed by atoms with Crippen LogP contribution in [0.15, 0.2) is 114 Å². The van der Waals surface area contributed by atoms with Crippen LogP contribution in [0.4, 0.5) is 4.39 Å². The number of pyridine rings is 2. The smallest absolute Gasteiger partial charge is 0.213 e. The molecule has 0 saturated heterocycles. The molecule has 8 heteroatoms. The van der Waals surface area contributed by atoms with Gasteiger partial charge in [-0.15, -0.1) is 54.1 Å². The average molecular weight is 909 g/mol. The minimum Gasteiger partial charge on any atom is -0.499 e. The maximum absolute atomic E-state index is 13.8. The molecular formula is C46H45FIrN4OSi-2. The quantitative estimate of drug-likeness (QED) is 0.0947. The van der Waals surface area contributed by atoms with Crippen molar-refractivity contribution in [3.63, 3.8) is 0 Å². The topological polar surface area (TPSA) is 56.7 Å². The van der Waals surface area contributed by atoms with Gasteiger partial charge in [0, 0.05) is 43.4 Å². The van der Waals surface area contributed by atoms with Crippen LogP contribution in [0.5, 0.6) is 0 Å². The maximum Gasteiger partial charge on any atom is 0.213 e. The molecule has 5 nitrogen and oxygen atoms in total.